The molecule has 0 fully saturated rings. The minimum absolute atomic E-state index is 0.101. The van der Waals surface area contributed by atoms with Gasteiger partial charge in [-0.3, -0.25) is 14.8 Å². The maximum Gasteiger partial charge on any atom is 0.274 e. The monoisotopic (exact) mass is 389 g/mol. The van der Waals surface area contributed by atoms with E-state index in [1.807, 2.05) is 32.0 Å². The molecule has 1 atom stereocenters. The van der Waals surface area contributed by atoms with Gasteiger partial charge in [0.1, 0.15) is 6.04 Å². The number of nitrogens with one attached hydrogen (secondary N) is 2. The zero-order chi connectivity index (χ0) is 20.5. The van der Waals surface area contributed by atoms with Gasteiger partial charge in [0.2, 0.25) is 5.91 Å². The van der Waals surface area contributed by atoms with Crippen molar-refractivity contribution in [3.63, 3.8) is 0 Å². The Morgan fingerprint density at radius 1 is 1.10 bits per heavy atom. The van der Waals surface area contributed by atoms with E-state index in [0.717, 1.165) is 16.6 Å². The number of amides is 2. The Kier molecular flexibility index (Phi) is 4.94. The van der Waals surface area contributed by atoms with Crippen molar-refractivity contribution in [2.75, 3.05) is 10.2 Å². The van der Waals surface area contributed by atoms with Gasteiger partial charge in [0, 0.05) is 12.1 Å². The molecule has 29 heavy (non-hydrogen) atoms. The molecule has 1 aliphatic rings. The number of carbonyl (C=O) groups is 2. The lowest BCUT2D eigenvalue weighted by Crippen LogP contribution is -2.50. The molecule has 0 aromatic heterocycles. The molecule has 0 bridgehead atoms. The first-order valence-corrected chi connectivity index (χ1v) is 9.61. The minimum atomic E-state index is -0.617. The van der Waals surface area contributed by atoms with E-state index in [9.17, 15) is 9.59 Å². The highest BCUT2D eigenvalue weighted by Crippen LogP contribution is 2.36. The molecule has 3 aromatic carbocycles. The topological polar surface area (TPSA) is 81.7 Å². The molecule has 6 nitrogen and oxygen atoms in total. The molecule has 0 unspecified atom stereocenters. The number of nitrogens with zero attached hydrogens (tertiary/aromatic N) is 1. The van der Waals surface area contributed by atoms with Crippen LogP contribution in [0.4, 0.5) is 11.4 Å². The number of hydroxylamine groups is 1. The van der Waals surface area contributed by atoms with Gasteiger partial charge in [0.25, 0.3) is 5.91 Å². The maximum absolute atomic E-state index is 12.9. The Bertz CT molecular complexity index is 1090. The molecule has 0 saturated carbocycles. The van der Waals surface area contributed by atoms with Gasteiger partial charge in [-0.1, -0.05) is 50.2 Å². The fraction of sp³-hybridized carbons (Fsp3) is 0.217. The summed E-state index contributed by atoms with van der Waals surface area (Å²) >= 11 is 0. The van der Waals surface area contributed by atoms with E-state index in [4.69, 9.17) is 5.21 Å². The van der Waals surface area contributed by atoms with Crippen LogP contribution in [-0.4, -0.2) is 23.1 Å². The lowest BCUT2D eigenvalue weighted by molar-refractivity contribution is -0.118. The van der Waals surface area contributed by atoms with Gasteiger partial charge >= 0.3 is 0 Å². The second kappa shape index (κ2) is 7.56. The van der Waals surface area contributed by atoms with Crippen molar-refractivity contribution in [3.8, 4) is 0 Å². The minimum Gasteiger partial charge on any atom is -0.353 e. The maximum atomic E-state index is 12.9. The highest BCUT2D eigenvalue weighted by Gasteiger charge is 2.35. The van der Waals surface area contributed by atoms with Crippen LogP contribution in [-0.2, 0) is 11.3 Å². The van der Waals surface area contributed by atoms with Crippen LogP contribution in [0.15, 0.2) is 60.7 Å². The van der Waals surface area contributed by atoms with Crippen molar-refractivity contribution in [1.29, 1.82) is 0 Å². The molecule has 4 rings (SSSR count). The zero-order valence-electron chi connectivity index (χ0n) is 16.3. The second-order valence-corrected chi connectivity index (χ2v) is 7.66. The zero-order valence-corrected chi connectivity index (χ0v) is 16.3. The van der Waals surface area contributed by atoms with Gasteiger partial charge in [0.05, 0.1) is 11.4 Å². The van der Waals surface area contributed by atoms with Gasteiger partial charge in [-0.15, -0.1) is 0 Å². The average Bonchev–Trinajstić information content (AvgIpc) is 2.72. The lowest BCUT2D eigenvalue weighted by atomic mass is 9.95. The first-order chi connectivity index (χ1) is 14.0. The highest BCUT2D eigenvalue weighted by atomic mass is 16.5. The van der Waals surface area contributed by atoms with Crippen molar-refractivity contribution in [3.05, 3.63) is 71.8 Å². The molecule has 0 radical (unpaired) electrons. The van der Waals surface area contributed by atoms with E-state index in [2.05, 4.69) is 40.5 Å². The summed E-state index contributed by atoms with van der Waals surface area (Å²) in [7, 11) is 0. The Hall–Kier alpha value is -3.38. The van der Waals surface area contributed by atoms with Crippen LogP contribution in [0.5, 0.6) is 0 Å². The van der Waals surface area contributed by atoms with Crippen LogP contribution in [0.1, 0.15) is 29.8 Å². The standard InChI is InChI=1S/C23H23N3O3/c1-14(2)21-23(28)24-19-12-18(22(27)25-29)9-10-20(19)26(21)13-15-7-8-16-5-3-4-6-17(16)11-15/h3-12,14,21,29H,13H2,1-2H3,(H,24,28)(H,25,27)/t21-/m0/s1. The largest absolute Gasteiger partial charge is 0.353 e. The van der Waals surface area contributed by atoms with Crippen molar-refractivity contribution in [1.82, 2.24) is 5.48 Å². The van der Waals surface area contributed by atoms with Crippen molar-refractivity contribution >= 4 is 34.0 Å². The Morgan fingerprint density at radius 2 is 1.86 bits per heavy atom. The van der Waals surface area contributed by atoms with Crippen LogP contribution in [0.25, 0.3) is 10.8 Å². The van der Waals surface area contributed by atoms with E-state index in [1.165, 1.54) is 5.39 Å². The van der Waals surface area contributed by atoms with Gasteiger partial charge in [-0.25, -0.2) is 5.48 Å². The van der Waals surface area contributed by atoms with Gasteiger partial charge < -0.3 is 10.2 Å². The summed E-state index contributed by atoms with van der Waals surface area (Å²) in [5.74, 6) is -0.618. The number of hydrogen-bond acceptors (Lipinski definition) is 4. The molecular formula is C23H23N3O3. The van der Waals surface area contributed by atoms with Crippen LogP contribution >= 0.6 is 0 Å². The van der Waals surface area contributed by atoms with E-state index >= 15 is 0 Å². The number of carbonyl (C=O) groups excluding carboxylic acids is 2. The van der Waals surface area contributed by atoms with Crippen LogP contribution in [0.2, 0.25) is 0 Å². The Morgan fingerprint density at radius 3 is 2.59 bits per heavy atom. The fourth-order valence-corrected chi connectivity index (χ4v) is 3.97. The average molecular weight is 389 g/mol. The van der Waals surface area contributed by atoms with Gasteiger partial charge in [-0.05, 0) is 46.5 Å². The number of hydrogen-bond donors (Lipinski definition) is 3. The first kappa shape index (κ1) is 19.0. The third-order valence-corrected chi connectivity index (χ3v) is 5.33. The van der Waals surface area contributed by atoms with Crippen molar-refractivity contribution in [2.24, 2.45) is 5.92 Å². The summed E-state index contributed by atoms with van der Waals surface area (Å²) < 4.78 is 0. The predicted octanol–water partition coefficient (Wildman–Crippen LogP) is 3.94. The third kappa shape index (κ3) is 3.54. The first-order valence-electron chi connectivity index (χ1n) is 9.61. The fourth-order valence-electron chi connectivity index (χ4n) is 3.97. The number of anilines is 2. The van der Waals surface area contributed by atoms with Crippen molar-refractivity contribution in [2.45, 2.75) is 26.4 Å². The second-order valence-electron chi connectivity index (χ2n) is 7.66. The summed E-state index contributed by atoms with van der Waals surface area (Å²) in [6.07, 6.45) is 0. The molecule has 0 saturated heterocycles. The molecule has 1 heterocycles. The predicted molar refractivity (Wildman–Crippen MR) is 113 cm³/mol. The molecule has 3 N–H and O–H groups in total. The highest BCUT2D eigenvalue weighted by molar-refractivity contribution is 6.05. The number of rotatable bonds is 4. The smallest absolute Gasteiger partial charge is 0.274 e. The SMILES string of the molecule is CC(C)[C@H]1C(=O)Nc2cc(C(=O)NO)ccc2N1Cc1ccc2ccccc2c1. The summed E-state index contributed by atoms with van der Waals surface area (Å²) in [5, 5.41) is 14.1. The van der Waals surface area contributed by atoms with E-state index < -0.39 is 5.91 Å². The van der Waals surface area contributed by atoms with Crippen molar-refractivity contribution < 1.29 is 14.8 Å². The van der Waals surface area contributed by atoms with Crippen LogP contribution in [0, 0.1) is 5.92 Å². The van der Waals surface area contributed by atoms with Crippen LogP contribution < -0.4 is 15.7 Å². The summed E-state index contributed by atoms with van der Waals surface area (Å²) in [6, 6.07) is 19.2. The molecule has 1 aliphatic heterocycles. The molecule has 0 spiro atoms. The summed E-state index contributed by atoms with van der Waals surface area (Å²) in [6.45, 7) is 4.62. The normalized spacial score (nSPS) is 15.9. The summed E-state index contributed by atoms with van der Waals surface area (Å²) in [5.41, 5.74) is 4.43. The summed E-state index contributed by atoms with van der Waals surface area (Å²) in [4.78, 5) is 26.7. The van der Waals surface area contributed by atoms with E-state index in [1.54, 1.807) is 17.6 Å². The molecule has 2 amide bonds. The van der Waals surface area contributed by atoms with E-state index in [-0.39, 0.29) is 23.4 Å². The molecule has 6 heteroatoms. The molecular weight excluding hydrogens is 366 g/mol. The van der Waals surface area contributed by atoms with Gasteiger partial charge in [-0.2, -0.15) is 0 Å². The number of benzene rings is 3. The third-order valence-electron chi connectivity index (χ3n) is 5.33. The molecule has 0 aliphatic carbocycles. The molecule has 3 aromatic rings. The quantitative estimate of drug-likeness (QED) is 0.466. The molecule has 148 valence electrons. The lowest BCUT2D eigenvalue weighted by Gasteiger charge is -2.40. The Labute approximate surface area is 169 Å². The number of fused-ring (bicyclic) bond motifs is 2. The van der Waals surface area contributed by atoms with E-state index in [0.29, 0.717) is 12.2 Å². The Balaban J connectivity index is 1.75. The van der Waals surface area contributed by atoms with Gasteiger partial charge in [0.15, 0.2) is 0 Å². The van der Waals surface area contributed by atoms with Crippen LogP contribution in [0.3, 0.4) is 0 Å².